The molecule has 0 spiro atoms. The molecule has 0 saturated carbocycles. The molecule has 2 rings (SSSR count). The van der Waals surface area contributed by atoms with Crippen molar-refractivity contribution in [2.75, 3.05) is 13.2 Å². The standard InChI is InChI=1S/C11H18N2O2/c1-8-9(2)15-11(12-8)6-13-5-3-4-10(13)7-14/h10,14H,3-7H2,1-2H3/t10-/m0/s1. The average Bonchev–Trinajstić information content (AvgIpc) is 2.75. The number of oxazole rings is 1. The molecule has 1 aliphatic heterocycles. The lowest BCUT2D eigenvalue weighted by Gasteiger charge is -2.20. The Balaban J connectivity index is 2.02. The zero-order valence-corrected chi connectivity index (χ0v) is 9.36. The highest BCUT2D eigenvalue weighted by Crippen LogP contribution is 2.20. The van der Waals surface area contributed by atoms with Crippen molar-refractivity contribution in [3.8, 4) is 0 Å². The number of aryl methyl sites for hydroxylation is 2. The summed E-state index contributed by atoms with van der Waals surface area (Å²) in [6.45, 7) is 5.87. The summed E-state index contributed by atoms with van der Waals surface area (Å²) in [6, 6.07) is 0.289. The Morgan fingerprint density at radius 2 is 2.33 bits per heavy atom. The van der Waals surface area contributed by atoms with Crippen molar-refractivity contribution < 1.29 is 9.52 Å². The molecule has 4 heteroatoms. The first-order chi connectivity index (χ1) is 7.20. The maximum atomic E-state index is 9.18. The van der Waals surface area contributed by atoms with E-state index in [2.05, 4.69) is 9.88 Å². The van der Waals surface area contributed by atoms with Crippen molar-refractivity contribution in [2.45, 2.75) is 39.3 Å². The molecular formula is C11H18N2O2. The summed E-state index contributed by atoms with van der Waals surface area (Å²) in [5.41, 5.74) is 0.963. The van der Waals surface area contributed by atoms with Gasteiger partial charge in [0, 0.05) is 6.04 Å². The largest absolute Gasteiger partial charge is 0.444 e. The second kappa shape index (κ2) is 4.33. The summed E-state index contributed by atoms with van der Waals surface area (Å²) in [4.78, 5) is 6.59. The van der Waals surface area contributed by atoms with Crippen LogP contribution < -0.4 is 0 Å². The zero-order valence-electron chi connectivity index (χ0n) is 9.36. The molecule has 1 fully saturated rings. The number of aliphatic hydroxyl groups excluding tert-OH is 1. The maximum Gasteiger partial charge on any atom is 0.208 e. The van der Waals surface area contributed by atoms with E-state index in [4.69, 9.17) is 4.42 Å². The highest BCUT2D eigenvalue weighted by atomic mass is 16.4. The normalized spacial score (nSPS) is 22.5. The molecule has 0 aromatic carbocycles. The first-order valence-electron chi connectivity index (χ1n) is 5.48. The van der Waals surface area contributed by atoms with Gasteiger partial charge in [-0.1, -0.05) is 0 Å². The summed E-state index contributed by atoms with van der Waals surface area (Å²) in [5, 5.41) is 9.18. The molecule has 0 aliphatic carbocycles. The SMILES string of the molecule is Cc1nc(CN2CCC[C@H]2CO)oc1C. The smallest absolute Gasteiger partial charge is 0.208 e. The zero-order chi connectivity index (χ0) is 10.8. The van der Waals surface area contributed by atoms with Crippen LogP contribution in [-0.2, 0) is 6.54 Å². The molecule has 1 aromatic heterocycles. The monoisotopic (exact) mass is 210 g/mol. The summed E-state index contributed by atoms with van der Waals surface area (Å²) in [5.74, 6) is 1.66. The molecule has 1 aromatic rings. The van der Waals surface area contributed by atoms with Crippen LogP contribution in [0.5, 0.6) is 0 Å². The Morgan fingerprint density at radius 1 is 1.53 bits per heavy atom. The fourth-order valence-corrected chi connectivity index (χ4v) is 2.09. The van der Waals surface area contributed by atoms with Crippen LogP contribution in [0.3, 0.4) is 0 Å². The third-order valence-electron chi connectivity index (χ3n) is 3.12. The van der Waals surface area contributed by atoms with Crippen LogP contribution in [0.25, 0.3) is 0 Å². The second-order valence-electron chi connectivity index (χ2n) is 4.20. The van der Waals surface area contributed by atoms with Gasteiger partial charge in [-0.2, -0.15) is 0 Å². The van der Waals surface area contributed by atoms with E-state index in [1.54, 1.807) is 0 Å². The van der Waals surface area contributed by atoms with Gasteiger partial charge < -0.3 is 9.52 Å². The summed E-state index contributed by atoms with van der Waals surface area (Å²) in [7, 11) is 0. The Bertz CT molecular complexity index is 316. The number of hydrogen-bond donors (Lipinski definition) is 1. The molecule has 1 N–H and O–H groups in total. The van der Waals surface area contributed by atoms with E-state index in [9.17, 15) is 5.11 Å². The first kappa shape index (κ1) is 10.6. The average molecular weight is 210 g/mol. The van der Waals surface area contributed by atoms with E-state index in [-0.39, 0.29) is 12.6 Å². The molecule has 0 unspecified atom stereocenters. The quantitative estimate of drug-likeness (QED) is 0.815. The van der Waals surface area contributed by atoms with Crippen LogP contribution in [0.1, 0.15) is 30.2 Å². The number of likely N-dealkylation sites (tertiary alicyclic amines) is 1. The van der Waals surface area contributed by atoms with Gasteiger partial charge in [-0.05, 0) is 33.2 Å². The summed E-state index contributed by atoms with van der Waals surface area (Å²) < 4.78 is 5.53. The Hall–Kier alpha value is -0.870. The molecule has 15 heavy (non-hydrogen) atoms. The van der Waals surface area contributed by atoms with Gasteiger partial charge in [0.1, 0.15) is 5.76 Å². The molecule has 1 aliphatic rings. The third-order valence-corrected chi connectivity index (χ3v) is 3.12. The van der Waals surface area contributed by atoms with Gasteiger partial charge in [-0.25, -0.2) is 4.98 Å². The minimum atomic E-state index is 0.235. The Morgan fingerprint density at radius 3 is 2.93 bits per heavy atom. The van der Waals surface area contributed by atoms with E-state index in [1.807, 2.05) is 13.8 Å². The van der Waals surface area contributed by atoms with Crippen molar-refractivity contribution in [3.63, 3.8) is 0 Å². The predicted octanol–water partition coefficient (Wildman–Crippen LogP) is 1.25. The van der Waals surface area contributed by atoms with Crippen LogP contribution in [0, 0.1) is 13.8 Å². The van der Waals surface area contributed by atoms with Crippen molar-refractivity contribution in [2.24, 2.45) is 0 Å². The first-order valence-corrected chi connectivity index (χ1v) is 5.48. The Labute approximate surface area is 89.9 Å². The summed E-state index contributed by atoms with van der Waals surface area (Å²) in [6.07, 6.45) is 2.24. The molecule has 4 nitrogen and oxygen atoms in total. The van der Waals surface area contributed by atoms with Crippen molar-refractivity contribution >= 4 is 0 Å². The van der Waals surface area contributed by atoms with Gasteiger partial charge in [0.15, 0.2) is 0 Å². The van der Waals surface area contributed by atoms with E-state index in [0.717, 1.165) is 43.3 Å². The van der Waals surface area contributed by atoms with Gasteiger partial charge in [0.2, 0.25) is 5.89 Å². The summed E-state index contributed by atoms with van der Waals surface area (Å²) >= 11 is 0. The van der Waals surface area contributed by atoms with E-state index < -0.39 is 0 Å². The number of aromatic nitrogens is 1. The molecule has 0 amide bonds. The number of nitrogens with zero attached hydrogens (tertiary/aromatic N) is 2. The molecule has 84 valence electrons. The van der Waals surface area contributed by atoms with Gasteiger partial charge in [0.05, 0.1) is 18.8 Å². The highest BCUT2D eigenvalue weighted by Gasteiger charge is 2.25. The van der Waals surface area contributed by atoms with Crippen molar-refractivity contribution in [1.29, 1.82) is 0 Å². The third kappa shape index (κ3) is 2.21. The minimum absolute atomic E-state index is 0.235. The lowest BCUT2D eigenvalue weighted by atomic mass is 10.2. The number of rotatable bonds is 3. The van der Waals surface area contributed by atoms with Gasteiger partial charge >= 0.3 is 0 Å². The van der Waals surface area contributed by atoms with E-state index in [0.29, 0.717) is 0 Å². The maximum absolute atomic E-state index is 9.18. The molecular weight excluding hydrogens is 192 g/mol. The fourth-order valence-electron chi connectivity index (χ4n) is 2.09. The predicted molar refractivity (Wildman–Crippen MR) is 56.5 cm³/mol. The van der Waals surface area contributed by atoms with Crippen molar-refractivity contribution in [1.82, 2.24) is 9.88 Å². The van der Waals surface area contributed by atoms with E-state index >= 15 is 0 Å². The fraction of sp³-hybridized carbons (Fsp3) is 0.727. The van der Waals surface area contributed by atoms with Crippen LogP contribution in [0.4, 0.5) is 0 Å². The van der Waals surface area contributed by atoms with Crippen LogP contribution in [0.2, 0.25) is 0 Å². The lowest BCUT2D eigenvalue weighted by molar-refractivity contribution is 0.144. The van der Waals surface area contributed by atoms with E-state index in [1.165, 1.54) is 0 Å². The van der Waals surface area contributed by atoms with Gasteiger partial charge in [-0.3, -0.25) is 4.90 Å². The highest BCUT2D eigenvalue weighted by molar-refractivity contribution is 5.05. The van der Waals surface area contributed by atoms with Gasteiger partial charge in [0.25, 0.3) is 0 Å². The van der Waals surface area contributed by atoms with Crippen LogP contribution in [0.15, 0.2) is 4.42 Å². The molecule has 1 saturated heterocycles. The van der Waals surface area contributed by atoms with Crippen LogP contribution in [-0.4, -0.2) is 34.2 Å². The minimum Gasteiger partial charge on any atom is -0.444 e. The lowest BCUT2D eigenvalue weighted by Crippen LogP contribution is -2.31. The Kier molecular flexibility index (Phi) is 3.07. The van der Waals surface area contributed by atoms with Crippen LogP contribution >= 0.6 is 0 Å². The number of hydrogen-bond acceptors (Lipinski definition) is 4. The molecule has 0 radical (unpaired) electrons. The van der Waals surface area contributed by atoms with Crippen molar-refractivity contribution in [3.05, 3.63) is 17.3 Å². The second-order valence-corrected chi connectivity index (χ2v) is 4.20. The topological polar surface area (TPSA) is 49.5 Å². The number of aliphatic hydroxyl groups is 1. The van der Waals surface area contributed by atoms with Gasteiger partial charge in [-0.15, -0.1) is 0 Å². The molecule has 1 atom stereocenters. The molecule has 0 bridgehead atoms. The molecule has 2 heterocycles.